The number of amides is 1. The monoisotopic (exact) mass is 447 g/mol. The number of rotatable bonds is 6. The van der Waals surface area contributed by atoms with Gasteiger partial charge in [0, 0.05) is 19.2 Å². The molecule has 32 heavy (non-hydrogen) atoms. The van der Waals surface area contributed by atoms with Gasteiger partial charge in [-0.1, -0.05) is 36.4 Å². The number of benzene rings is 3. The molecule has 1 fully saturated rings. The standard InChI is InChI=1S/C25H25N3O3S/c1-28-23-15-21(14-22(12-17-10-11-17)24(23)27-32(28,30)31)20-9-5-6-18(13-20)16-26-25(29)19-7-3-2-4-8-19/h2-9,13-15,17,27H,10-12,16H2,1H3,(H,26,29). The van der Waals surface area contributed by atoms with Gasteiger partial charge in [-0.25, -0.2) is 0 Å². The lowest BCUT2D eigenvalue weighted by Gasteiger charge is -2.14. The molecule has 1 aliphatic heterocycles. The fourth-order valence-corrected chi connectivity index (χ4v) is 5.11. The first-order valence-corrected chi connectivity index (χ1v) is 12.2. The molecule has 7 heteroatoms. The molecule has 0 unspecified atom stereocenters. The van der Waals surface area contributed by atoms with Crippen molar-refractivity contribution in [2.75, 3.05) is 16.1 Å². The van der Waals surface area contributed by atoms with E-state index in [2.05, 4.69) is 16.1 Å². The first kappa shape index (κ1) is 20.6. The third-order valence-electron chi connectivity index (χ3n) is 6.08. The van der Waals surface area contributed by atoms with Gasteiger partial charge in [0.05, 0.1) is 11.4 Å². The summed E-state index contributed by atoms with van der Waals surface area (Å²) in [6, 6.07) is 21.2. The molecule has 3 aromatic carbocycles. The van der Waals surface area contributed by atoms with Crippen LogP contribution < -0.4 is 14.3 Å². The molecule has 164 valence electrons. The summed E-state index contributed by atoms with van der Waals surface area (Å²) in [5, 5.41) is 2.96. The third-order valence-corrected chi connectivity index (χ3v) is 7.46. The molecule has 1 saturated carbocycles. The van der Waals surface area contributed by atoms with Gasteiger partial charge in [0.25, 0.3) is 5.91 Å². The van der Waals surface area contributed by atoms with Crippen LogP contribution in [0.2, 0.25) is 0 Å². The highest BCUT2D eigenvalue weighted by molar-refractivity contribution is 7.94. The first-order chi connectivity index (χ1) is 15.4. The number of nitrogens with one attached hydrogen (secondary N) is 2. The van der Waals surface area contributed by atoms with Crippen molar-refractivity contribution >= 4 is 27.5 Å². The minimum Gasteiger partial charge on any atom is -0.348 e. The van der Waals surface area contributed by atoms with Crippen LogP contribution in [-0.4, -0.2) is 21.4 Å². The summed E-state index contributed by atoms with van der Waals surface area (Å²) >= 11 is 0. The average molecular weight is 448 g/mol. The Morgan fingerprint density at radius 1 is 1.03 bits per heavy atom. The average Bonchev–Trinajstić information content (AvgIpc) is 3.58. The molecule has 0 saturated heterocycles. The van der Waals surface area contributed by atoms with Gasteiger partial charge in [-0.15, -0.1) is 0 Å². The number of hydrogen-bond donors (Lipinski definition) is 2. The van der Waals surface area contributed by atoms with E-state index in [1.165, 1.54) is 17.1 Å². The predicted octanol–water partition coefficient (Wildman–Crippen LogP) is 4.34. The van der Waals surface area contributed by atoms with E-state index >= 15 is 0 Å². The molecule has 6 nitrogen and oxygen atoms in total. The Morgan fingerprint density at radius 2 is 1.81 bits per heavy atom. The topological polar surface area (TPSA) is 78.5 Å². The van der Waals surface area contributed by atoms with E-state index in [0.29, 0.717) is 29.4 Å². The van der Waals surface area contributed by atoms with Gasteiger partial charge in [-0.2, -0.15) is 8.42 Å². The Bertz CT molecular complexity index is 1290. The van der Waals surface area contributed by atoms with E-state index in [9.17, 15) is 13.2 Å². The largest absolute Gasteiger partial charge is 0.348 e. The van der Waals surface area contributed by atoms with Crippen LogP contribution in [0.1, 0.15) is 34.3 Å². The first-order valence-electron chi connectivity index (χ1n) is 10.8. The number of nitrogens with zero attached hydrogens (tertiary/aromatic N) is 1. The fourth-order valence-electron chi connectivity index (χ4n) is 4.07. The lowest BCUT2D eigenvalue weighted by Crippen LogP contribution is -2.25. The van der Waals surface area contributed by atoms with Crippen molar-refractivity contribution in [3.8, 4) is 11.1 Å². The molecule has 1 aliphatic carbocycles. The van der Waals surface area contributed by atoms with E-state index in [0.717, 1.165) is 28.7 Å². The van der Waals surface area contributed by atoms with E-state index in [-0.39, 0.29) is 5.91 Å². The highest BCUT2D eigenvalue weighted by atomic mass is 32.2. The smallest absolute Gasteiger partial charge is 0.323 e. The SMILES string of the molecule is CN1c2cc(-c3cccc(CNC(=O)c4ccccc4)c3)cc(CC3CC3)c2NS1(=O)=O. The zero-order valence-electron chi connectivity index (χ0n) is 17.8. The fraction of sp³-hybridized carbons (Fsp3) is 0.240. The summed E-state index contributed by atoms with van der Waals surface area (Å²) in [5.41, 5.74) is 6.00. The number of hydrogen-bond acceptors (Lipinski definition) is 3. The van der Waals surface area contributed by atoms with Crippen molar-refractivity contribution in [2.45, 2.75) is 25.8 Å². The minimum atomic E-state index is -3.54. The van der Waals surface area contributed by atoms with Crippen LogP contribution in [-0.2, 0) is 23.2 Å². The van der Waals surface area contributed by atoms with E-state index in [4.69, 9.17) is 0 Å². The van der Waals surface area contributed by atoms with Crippen LogP contribution in [0.15, 0.2) is 66.7 Å². The molecule has 1 amide bonds. The molecule has 0 bridgehead atoms. The normalized spacial score (nSPS) is 16.3. The van der Waals surface area contributed by atoms with Crippen LogP contribution in [0.25, 0.3) is 11.1 Å². The summed E-state index contributed by atoms with van der Waals surface area (Å²) in [5.74, 6) is 0.516. The van der Waals surface area contributed by atoms with E-state index in [1.54, 1.807) is 19.2 Å². The maximum Gasteiger partial charge on any atom is 0.323 e. The lowest BCUT2D eigenvalue weighted by atomic mass is 9.96. The Hall–Kier alpha value is -3.32. The number of anilines is 2. The summed E-state index contributed by atoms with van der Waals surface area (Å²) in [7, 11) is -1.96. The van der Waals surface area contributed by atoms with E-state index < -0.39 is 10.2 Å². The minimum absolute atomic E-state index is 0.113. The Balaban J connectivity index is 1.43. The Kier molecular flexibility index (Phi) is 5.13. The van der Waals surface area contributed by atoms with Crippen LogP contribution >= 0.6 is 0 Å². The molecule has 2 aliphatic rings. The van der Waals surface area contributed by atoms with Gasteiger partial charge in [-0.05, 0) is 77.8 Å². The second kappa shape index (κ2) is 7.98. The van der Waals surface area contributed by atoms with Crippen LogP contribution in [0.5, 0.6) is 0 Å². The predicted molar refractivity (Wildman–Crippen MR) is 127 cm³/mol. The van der Waals surface area contributed by atoms with Crippen molar-refractivity contribution in [2.24, 2.45) is 5.92 Å². The molecule has 5 rings (SSSR count). The van der Waals surface area contributed by atoms with E-state index in [1.807, 2.05) is 48.5 Å². The van der Waals surface area contributed by atoms with Gasteiger partial charge in [0.15, 0.2) is 0 Å². The number of carbonyl (C=O) groups excluding carboxylic acids is 1. The zero-order chi connectivity index (χ0) is 22.3. The molecular weight excluding hydrogens is 422 g/mol. The van der Waals surface area contributed by atoms with Crippen LogP contribution in [0.4, 0.5) is 11.4 Å². The maximum absolute atomic E-state index is 12.4. The van der Waals surface area contributed by atoms with Crippen molar-refractivity contribution in [1.82, 2.24) is 5.32 Å². The van der Waals surface area contributed by atoms with Gasteiger partial charge in [0.1, 0.15) is 0 Å². The zero-order valence-corrected chi connectivity index (χ0v) is 18.7. The molecule has 0 spiro atoms. The third kappa shape index (κ3) is 4.08. The quantitative estimate of drug-likeness (QED) is 0.590. The second-order valence-electron chi connectivity index (χ2n) is 8.50. The van der Waals surface area contributed by atoms with Crippen molar-refractivity contribution in [1.29, 1.82) is 0 Å². The van der Waals surface area contributed by atoms with Crippen molar-refractivity contribution in [3.63, 3.8) is 0 Å². The molecule has 0 aromatic heterocycles. The highest BCUT2D eigenvalue weighted by Crippen LogP contribution is 2.44. The number of fused-ring (bicyclic) bond motifs is 1. The van der Waals surface area contributed by atoms with Crippen LogP contribution in [0.3, 0.4) is 0 Å². The second-order valence-corrected chi connectivity index (χ2v) is 10.2. The molecular formula is C25H25N3O3S. The summed E-state index contributed by atoms with van der Waals surface area (Å²) < 4.78 is 28.9. The molecule has 0 radical (unpaired) electrons. The van der Waals surface area contributed by atoms with Crippen LogP contribution in [0, 0.1) is 5.92 Å². The lowest BCUT2D eigenvalue weighted by molar-refractivity contribution is 0.0951. The number of carbonyl (C=O) groups is 1. The van der Waals surface area contributed by atoms with Gasteiger partial charge < -0.3 is 5.32 Å². The van der Waals surface area contributed by atoms with Crippen molar-refractivity contribution < 1.29 is 13.2 Å². The molecule has 2 N–H and O–H groups in total. The molecule has 3 aromatic rings. The van der Waals surface area contributed by atoms with Gasteiger partial charge in [0.2, 0.25) is 0 Å². The Labute approximate surface area is 188 Å². The molecule has 1 heterocycles. The van der Waals surface area contributed by atoms with Gasteiger partial charge >= 0.3 is 10.2 Å². The summed E-state index contributed by atoms with van der Waals surface area (Å²) in [4.78, 5) is 12.4. The maximum atomic E-state index is 12.4. The molecule has 0 atom stereocenters. The highest BCUT2D eigenvalue weighted by Gasteiger charge is 2.33. The summed E-state index contributed by atoms with van der Waals surface area (Å²) in [6.45, 7) is 0.414. The van der Waals surface area contributed by atoms with Crippen molar-refractivity contribution in [3.05, 3.63) is 83.4 Å². The summed E-state index contributed by atoms with van der Waals surface area (Å²) in [6.07, 6.45) is 3.26. The van der Waals surface area contributed by atoms with Gasteiger partial charge in [-0.3, -0.25) is 13.8 Å². The Morgan fingerprint density at radius 3 is 2.56 bits per heavy atom.